The van der Waals surface area contributed by atoms with Gasteiger partial charge in [-0.1, -0.05) is 41.1 Å². The lowest BCUT2D eigenvalue weighted by atomic mass is 9.83. The normalized spacial score (nSPS) is 11.7. The Labute approximate surface area is 110 Å². The Morgan fingerprint density at radius 1 is 1.20 bits per heavy atom. The Balaban J connectivity index is 2.88. The number of hydrogen-bond donors (Lipinski definition) is 0. The fourth-order valence-corrected chi connectivity index (χ4v) is 2.77. The SMILES string of the molecule is CCC(CCl)(CCl)Cc1ccccc1Br. The van der Waals surface area contributed by atoms with E-state index in [4.69, 9.17) is 23.2 Å². The zero-order chi connectivity index (χ0) is 11.3. The van der Waals surface area contributed by atoms with Gasteiger partial charge in [0.2, 0.25) is 0 Å². The maximum Gasteiger partial charge on any atom is 0.0294 e. The number of hydrogen-bond acceptors (Lipinski definition) is 0. The van der Waals surface area contributed by atoms with Gasteiger partial charge in [-0.2, -0.15) is 0 Å². The van der Waals surface area contributed by atoms with E-state index in [-0.39, 0.29) is 5.41 Å². The molecule has 0 spiro atoms. The van der Waals surface area contributed by atoms with Gasteiger partial charge in [0.1, 0.15) is 0 Å². The molecule has 0 fully saturated rings. The number of halogens is 3. The van der Waals surface area contributed by atoms with E-state index in [2.05, 4.69) is 35.0 Å². The van der Waals surface area contributed by atoms with Crippen LogP contribution in [0.5, 0.6) is 0 Å². The fourth-order valence-electron chi connectivity index (χ4n) is 1.49. The first kappa shape index (κ1) is 13.3. The maximum atomic E-state index is 6.03. The predicted octanol–water partition coefficient (Wildman–Crippen LogP) is 4.87. The summed E-state index contributed by atoms with van der Waals surface area (Å²) in [5.74, 6) is 1.21. The van der Waals surface area contributed by atoms with Gasteiger partial charge < -0.3 is 0 Å². The van der Waals surface area contributed by atoms with Crippen molar-refractivity contribution in [3.63, 3.8) is 0 Å². The van der Waals surface area contributed by atoms with Crippen LogP contribution in [0.15, 0.2) is 28.7 Å². The van der Waals surface area contributed by atoms with E-state index in [9.17, 15) is 0 Å². The molecule has 0 aliphatic heterocycles. The molecule has 0 aliphatic rings. The summed E-state index contributed by atoms with van der Waals surface area (Å²) in [5, 5.41) is 0. The van der Waals surface area contributed by atoms with Crippen molar-refractivity contribution in [2.75, 3.05) is 11.8 Å². The molecule has 15 heavy (non-hydrogen) atoms. The van der Waals surface area contributed by atoms with Crippen LogP contribution in [0, 0.1) is 5.41 Å². The van der Waals surface area contributed by atoms with Crippen molar-refractivity contribution in [3.8, 4) is 0 Å². The largest absolute Gasteiger partial charge is 0.126 e. The first-order valence-electron chi connectivity index (χ1n) is 5.03. The molecule has 1 aromatic carbocycles. The van der Waals surface area contributed by atoms with E-state index < -0.39 is 0 Å². The number of rotatable bonds is 5. The summed E-state index contributed by atoms with van der Waals surface area (Å²) >= 11 is 15.6. The van der Waals surface area contributed by atoms with Gasteiger partial charge in [-0.15, -0.1) is 23.2 Å². The average molecular weight is 310 g/mol. The van der Waals surface area contributed by atoms with E-state index in [0.717, 1.165) is 17.3 Å². The molecule has 0 aromatic heterocycles. The van der Waals surface area contributed by atoms with Gasteiger partial charge >= 0.3 is 0 Å². The van der Waals surface area contributed by atoms with E-state index in [0.29, 0.717) is 11.8 Å². The van der Waals surface area contributed by atoms with Gasteiger partial charge in [-0.05, 0) is 24.5 Å². The van der Waals surface area contributed by atoms with Crippen molar-refractivity contribution >= 4 is 39.1 Å². The van der Waals surface area contributed by atoms with Crippen LogP contribution in [0.4, 0.5) is 0 Å². The van der Waals surface area contributed by atoms with Gasteiger partial charge in [0.25, 0.3) is 0 Å². The molecule has 0 N–H and O–H groups in total. The molecule has 0 unspecified atom stereocenters. The topological polar surface area (TPSA) is 0 Å². The van der Waals surface area contributed by atoms with Gasteiger partial charge in [0.15, 0.2) is 0 Å². The monoisotopic (exact) mass is 308 g/mol. The molecule has 0 saturated carbocycles. The zero-order valence-electron chi connectivity index (χ0n) is 8.77. The zero-order valence-corrected chi connectivity index (χ0v) is 11.9. The Kier molecular flexibility index (Phi) is 5.45. The van der Waals surface area contributed by atoms with Crippen LogP contribution in [-0.4, -0.2) is 11.8 Å². The highest BCUT2D eigenvalue weighted by Crippen LogP contribution is 2.32. The van der Waals surface area contributed by atoms with Crippen LogP contribution >= 0.6 is 39.1 Å². The maximum absolute atomic E-state index is 6.03. The lowest BCUT2D eigenvalue weighted by Gasteiger charge is -2.28. The molecule has 1 rings (SSSR count). The minimum Gasteiger partial charge on any atom is -0.126 e. The van der Waals surface area contributed by atoms with Gasteiger partial charge in [-0.25, -0.2) is 0 Å². The number of alkyl halides is 2. The highest BCUT2D eigenvalue weighted by atomic mass is 79.9. The molecule has 0 amide bonds. The molecule has 0 saturated heterocycles. The summed E-state index contributed by atoms with van der Waals surface area (Å²) in [4.78, 5) is 0. The van der Waals surface area contributed by atoms with Crippen LogP contribution in [0.25, 0.3) is 0 Å². The first-order valence-corrected chi connectivity index (χ1v) is 6.89. The molecule has 0 atom stereocenters. The molecule has 1 aromatic rings. The van der Waals surface area contributed by atoms with Crippen LogP contribution in [-0.2, 0) is 6.42 Å². The van der Waals surface area contributed by atoms with E-state index in [1.807, 2.05) is 12.1 Å². The Morgan fingerprint density at radius 2 is 1.80 bits per heavy atom. The molecule has 84 valence electrons. The Morgan fingerprint density at radius 3 is 2.27 bits per heavy atom. The lowest BCUT2D eigenvalue weighted by molar-refractivity contribution is 0.361. The minimum atomic E-state index is 0.0208. The third kappa shape index (κ3) is 3.37. The second-order valence-corrected chi connectivity index (χ2v) is 5.28. The molecule has 0 heterocycles. The summed E-state index contributed by atoms with van der Waals surface area (Å²) in [6.07, 6.45) is 1.93. The summed E-state index contributed by atoms with van der Waals surface area (Å²) in [6.45, 7) is 2.14. The molecular weight excluding hydrogens is 295 g/mol. The van der Waals surface area contributed by atoms with E-state index in [1.54, 1.807) is 0 Å². The predicted molar refractivity (Wildman–Crippen MR) is 72.0 cm³/mol. The van der Waals surface area contributed by atoms with Gasteiger partial charge in [-0.3, -0.25) is 0 Å². The molecule has 3 heteroatoms. The summed E-state index contributed by atoms with van der Waals surface area (Å²) in [6, 6.07) is 8.23. The highest BCUT2D eigenvalue weighted by Gasteiger charge is 2.27. The average Bonchev–Trinajstić information content (AvgIpc) is 2.29. The summed E-state index contributed by atoms with van der Waals surface area (Å²) in [5.41, 5.74) is 1.30. The first-order chi connectivity index (χ1) is 7.17. The lowest BCUT2D eigenvalue weighted by Crippen LogP contribution is -2.27. The van der Waals surface area contributed by atoms with Crippen molar-refractivity contribution in [1.82, 2.24) is 0 Å². The molecule has 0 radical (unpaired) electrons. The van der Waals surface area contributed by atoms with E-state index >= 15 is 0 Å². The van der Waals surface area contributed by atoms with Crippen molar-refractivity contribution in [1.29, 1.82) is 0 Å². The third-order valence-electron chi connectivity index (χ3n) is 2.84. The van der Waals surface area contributed by atoms with Crippen molar-refractivity contribution in [3.05, 3.63) is 34.3 Å². The van der Waals surface area contributed by atoms with Crippen LogP contribution < -0.4 is 0 Å². The van der Waals surface area contributed by atoms with E-state index in [1.165, 1.54) is 5.56 Å². The summed E-state index contributed by atoms with van der Waals surface area (Å²) in [7, 11) is 0. The fraction of sp³-hybridized carbons (Fsp3) is 0.500. The van der Waals surface area contributed by atoms with Crippen molar-refractivity contribution in [2.24, 2.45) is 5.41 Å². The second kappa shape index (κ2) is 6.12. The van der Waals surface area contributed by atoms with Crippen LogP contribution in [0.1, 0.15) is 18.9 Å². The Bertz CT molecular complexity index is 300. The molecule has 0 bridgehead atoms. The van der Waals surface area contributed by atoms with Crippen LogP contribution in [0.3, 0.4) is 0 Å². The second-order valence-electron chi connectivity index (χ2n) is 3.89. The number of benzene rings is 1. The molecule has 0 aliphatic carbocycles. The van der Waals surface area contributed by atoms with Crippen molar-refractivity contribution in [2.45, 2.75) is 19.8 Å². The third-order valence-corrected chi connectivity index (χ3v) is 4.75. The Hall–Kier alpha value is 0.280. The molecule has 0 nitrogen and oxygen atoms in total. The van der Waals surface area contributed by atoms with Crippen molar-refractivity contribution < 1.29 is 0 Å². The highest BCUT2D eigenvalue weighted by molar-refractivity contribution is 9.10. The van der Waals surface area contributed by atoms with Crippen LogP contribution in [0.2, 0.25) is 0 Å². The van der Waals surface area contributed by atoms with Gasteiger partial charge in [0.05, 0.1) is 0 Å². The smallest absolute Gasteiger partial charge is 0.0294 e. The quantitative estimate of drug-likeness (QED) is 0.681. The summed E-state index contributed by atoms with van der Waals surface area (Å²) < 4.78 is 1.14. The minimum absolute atomic E-state index is 0.0208. The standard InChI is InChI=1S/C12H15BrCl2/c1-2-12(8-14,9-15)7-10-5-3-4-6-11(10)13/h3-6H,2,7-9H2,1H3. The molecular formula is C12H15BrCl2. The van der Waals surface area contributed by atoms with Gasteiger partial charge in [0, 0.05) is 21.6 Å².